The van der Waals surface area contributed by atoms with Crippen LogP contribution >= 0.6 is 0 Å². The fourth-order valence-electron chi connectivity index (χ4n) is 1.29. The molecule has 0 bridgehead atoms. The summed E-state index contributed by atoms with van der Waals surface area (Å²) in [6.07, 6.45) is 0. The third-order valence-electron chi connectivity index (χ3n) is 2.08. The Hall–Kier alpha value is -1.15. The van der Waals surface area contributed by atoms with Crippen LogP contribution in [0.2, 0.25) is 0 Å². The molecule has 0 aliphatic heterocycles. The first-order valence-corrected chi connectivity index (χ1v) is 6.45. The van der Waals surface area contributed by atoms with Crippen molar-refractivity contribution in [2.45, 2.75) is 10.9 Å². The van der Waals surface area contributed by atoms with E-state index >= 15 is 0 Å². The summed E-state index contributed by atoms with van der Waals surface area (Å²) in [5, 5.41) is 8.99. The van der Waals surface area contributed by atoms with Gasteiger partial charge in [0.1, 0.15) is 0 Å². The Balaban J connectivity index is 2.88. The molecule has 1 rings (SSSR count). The molecule has 1 aromatic rings. The van der Waals surface area contributed by atoms with Gasteiger partial charge in [0.2, 0.25) is 10.0 Å². The molecule has 4 N–H and O–H groups in total. The lowest BCUT2D eigenvalue weighted by Crippen LogP contribution is -2.40. The summed E-state index contributed by atoms with van der Waals surface area (Å²) in [7, 11) is -2.26. The van der Waals surface area contributed by atoms with E-state index in [0.29, 0.717) is 5.69 Å². The van der Waals surface area contributed by atoms with Gasteiger partial charge in [-0.3, -0.25) is 0 Å². The molecule has 0 saturated carbocycles. The van der Waals surface area contributed by atoms with Gasteiger partial charge in [-0.05, 0) is 18.2 Å². The van der Waals surface area contributed by atoms with Crippen LogP contribution < -0.4 is 10.5 Å². The number of aliphatic hydroxyl groups is 1. The van der Waals surface area contributed by atoms with Gasteiger partial charge < -0.3 is 15.6 Å². The number of nitrogens with one attached hydrogen (secondary N) is 1. The Morgan fingerprint density at radius 2 is 2.24 bits per heavy atom. The summed E-state index contributed by atoms with van der Waals surface area (Å²) in [5.41, 5.74) is 5.87. The second-order valence-corrected chi connectivity index (χ2v) is 5.24. The predicted octanol–water partition coefficient (Wildman–Crippen LogP) is -0.446. The molecule has 0 amide bonds. The van der Waals surface area contributed by atoms with Gasteiger partial charge in [0.25, 0.3) is 0 Å². The summed E-state index contributed by atoms with van der Waals surface area (Å²) < 4.78 is 30.9. The molecule has 0 aromatic heterocycles. The van der Waals surface area contributed by atoms with Crippen molar-refractivity contribution in [3.63, 3.8) is 0 Å². The minimum Gasteiger partial charge on any atom is -0.399 e. The molecule has 96 valence electrons. The largest absolute Gasteiger partial charge is 0.399 e. The van der Waals surface area contributed by atoms with E-state index in [1.807, 2.05) is 0 Å². The highest BCUT2D eigenvalue weighted by atomic mass is 32.2. The molecule has 7 heteroatoms. The van der Waals surface area contributed by atoms with Gasteiger partial charge in [-0.25, -0.2) is 13.1 Å². The second kappa shape index (κ2) is 5.97. The molecule has 0 aliphatic rings. The zero-order valence-electron chi connectivity index (χ0n) is 9.46. The van der Waals surface area contributed by atoms with Gasteiger partial charge in [-0.1, -0.05) is 6.07 Å². The lowest BCUT2D eigenvalue weighted by molar-refractivity contribution is 0.139. The van der Waals surface area contributed by atoms with Crippen molar-refractivity contribution in [1.82, 2.24) is 4.72 Å². The highest BCUT2D eigenvalue weighted by Gasteiger charge is 2.19. The molecule has 0 radical (unpaired) electrons. The zero-order chi connectivity index (χ0) is 12.9. The number of nitrogens with two attached hydrogens (primary N) is 1. The number of sulfonamides is 1. The van der Waals surface area contributed by atoms with Crippen LogP contribution in [0.3, 0.4) is 0 Å². The van der Waals surface area contributed by atoms with E-state index in [-0.39, 0.29) is 18.1 Å². The number of hydrogen-bond acceptors (Lipinski definition) is 5. The van der Waals surface area contributed by atoms with Crippen molar-refractivity contribution in [1.29, 1.82) is 0 Å². The van der Waals surface area contributed by atoms with Gasteiger partial charge in [-0.15, -0.1) is 0 Å². The molecule has 0 saturated heterocycles. The standard InChI is InChI=1S/C10H16N2O4S/c1-16-7-9(6-13)12-17(14,15)10-4-2-3-8(11)5-10/h2-5,9,12-13H,6-7,11H2,1H3. The topological polar surface area (TPSA) is 102 Å². The van der Waals surface area contributed by atoms with Crippen molar-refractivity contribution in [2.75, 3.05) is 26.1 Å². The quantitative estimate of drug-likeness (QED) is 0.602. The molecule has 6 nitrogen and oxygen atoms in total. The summed E-state index contributed by atoms with van der Waals surface area (Å²) >= 11 is 0. The number of hydrogen-bond donors (Lipinski definition) is 3. The first-order valence-electron chi connectivity index (χ1n) is 4.97. The van der Waals surface area contributed by atoms with Crippen molar-refractivity contribution < 1.29 is 18.3 Å². The minimum atomic E-state index is -3.69. The van der Waals surface area contributed by atoms with Crippen LogP contribution in [0.1, 0.15) is 0 Å². The lowest BCUT2D eigenvalue weighted by Gasteiger charge is -2.15. The Morgan fingerprint density at radius 3 is 2.76 bits per heavy atom. The predicted molar refractivity (Wildman–Crippen MR) is 63.9 cm³/mol. The average Bonchev–Trinajstić information content (AvgIpc) is 2.28. The molecular weight excluding hydrogens is 244 g/mol. The number of aliphatic hydroxyl groups excluding tert-OH is 1. The van der Waals surface area contributed by atoms with Crippen molar-refractivity contribution in [3.8, 4) is 0 Å². The summed E-state index contributed by atoms with van der Waals surface area (Å²) in [6, 6.07) is 5.25. The van der Waals surface area contributed by atoms with Crippen LogP contribution in [0.4, 0.5) is 5.69 Å². The van der Waals surface area contributed by atoms with Gasteiger partial charge >= 0.3 is 0 Å². The number of ether oxygens (including phenoxy) is 1. The van der Waals surface area contributed by atoms with Crippen molar-refractivity contribution in [2.24, 2.45) is 0 Å². The monoisotopic (exact) mass is 260 g/mol. The molecule has 0 heterocycles. The number of benzene rings is 1. The molecule has 17 heavy (non-hydrogen) atoms. The molecule has 1 aromatic carbocycles. The number of rotatable bonds is 6. The third-order valence-corrected chi connectivity index (χ3v) is 3.60. The highest BCUT2D eigenvalue weighted by Crippen LogP contribution is 2.12. The smallest absolute Gasteiger partial charge is 0.241 e. The van der Waals surface area contributed by atoms with Gasteiger partial charge in [-0.2, -0.15) is 0 Å². The van der Waals surface area contributed by atoms with E-state index in [9.17, 15) is 8.42 Å². The SMILES string of the molecule is COCC(CO)NS(=O)(=O)c1cccc(N)c1. The molecular formula is C10H16N2O4S. The van der Waals surface area contributed by atoms with E-state index in [2.05, 4.69) is 4.72 Å². The van der Waals surface area contributed by atoms with Crippen molar-refractivity contribution in [3.05, 3.63) is 24.3 Å². The lowest BCUT2D eigenvalue weighted by atomic mass is 10.3. The third kappa shape index (κ3) is 3.97. The molecule has 0 aliphatic carbocycles. The molecule has 1 unspecified atom stereocenters. The van der Waals surface area contributed by atoms with Crippen LogP contribution in [-0.4, -0.2) is 39.9 Å². The van der Waals surface area contributed by atoms with Crippen molar-refractivity contribution >= 4 is 15.7 Å². The maximum absolute atomic E-state index is 11.9. The van der Waals surface area contributed by atoms with E-state index < -0.39 is 16.1 Å². The zero-order valence-corrected chi connectivity index (χ0v) is 10.3. The Bertz CT molecular complexity index is 461. The van der Waals surface area contributed by atoms with Crippen LogP contribution in [0.15, 0.2) is 29.2 Å². The van der Waals surface area contributed by atoms with E-state index in [1.54, 1.807) is 12.1 Å². The first kappa shape index (κ1) is 13.9. The van der Waals surface area contributed by atoms with E-state index in [4.69, 9.17) is 15.6 Å². The number of methoxy groups -OCH3 is 1. The van der Waals surface area contributed by atoms with Crippen LogP contribution in [0.25, 0.3) is 0 Å². The van der Waals surface area contributed by atoms with Crippen LogP contribution in [0, 0.1) is 0 Å². The number of nitrogen functional groups attached to an aromatic ring is 1. The van der Waals surface area contributed by atoms with Gasteiger partial charge in [0.05, 0.1) is 24.2 Å². The fraction of sp³-hybridized carbons (Fsp3) is 0.400. The second-order valence-electron chi connectivity index (χ2n) is 3.53. The maximum Gasteiger partial charge on any atom is 0.241 e. The molecule has 1 atom stereocenters. The van der Waals surface area contributed by atoms with Gasteiger partial charge in [0.15, 0.2) is 0 Å². The Morgan fingerprint density at radius 1 is 1.53 bits per heavy atom. The van der Waals surface area contributed by atoms with E-state index in [0.717, 1.165) is 0 Å². The fourth-order valence-corrected chi connectivity index (χ4v) is 2.56. The Labute approximate surface area is 100 Å². The summed E-state index contributed by atoms with van der Waals surface area (Å²) in [5.74, 6) is 0. The van der Waals surface area contributed by atoms with E-state index in [1.165, 1.54) is 19.2 Å². The molecule has 0 spiro atoms. The summed E-state index contributed by atoms with van der Waals surface area (Å²) in [4.78, 5) is 0.0621. The van der Waals surface area contributed by atoms with Crippen LogP contribution in [0.5, 0.6) is 0 Å². The minimum absolute atomic E-state index is 0.0621. The Kier molecular flexibility index (Phi) is 4.88. The molecule has 0 fully saturated rings. The average molecular weight is 260 g/mol. The van der Waals surface area contributed by atoms with Gasteiger partial charge in [0, 0.05) is 12.8 Å². The first-order chi connectivity index (χ1) is 7.99. The van der Waals surface area contributed by atoms with Crippen LogP contribution in [-0.2, 0) is 14.8 Å². The maximum atomic E-state index is 11.9. The normalized spacial score (nSPS) is 13.5. The highest BCUT2D eigenvalue weighted by molar-refractivity contribution is 7.89. The number of anilines is 1. The summed E-state index contributed by atoms with van der Waals surface area (Å²) in [6.45, 7) is -0.243.